The zero-order valence-corrected chi connectivity index (χ0v) is 15.7. The van der Waals surface area contributed by atoms with Gasteiger partial charge in [0.25, 0.3) is 5.91 Å². The summed E-state index contributed by atoms with van der Waals surface area (Å²) >= 11 is 1.54. The van der Waals surface area contributed by atoms with Crippen LogP contribution in [0.15, 0.2) is 47.1 Å². The van der Waals surface area contributed by atoms with Crippen molar-refractivity contribution in [2.75, 3.05) is 0 Å². The van der Waals surface area contributed by atoms with Crippen LogP contribution in [0.1, 0.15) is 47.3 Å². The fourth-order valence-corrected chi connectivity index (χ4v) is 3.45. The smallest absolute Gasteiger partial charge is 0.251 e. The molecule has 0 atom stereocenters. The zero-order chi connectivity index (χ0) is 18.0. The maximum Gasteiger partial charge on any atom is 0.251 e. The van der Waals surface area contributed by atoms with Gasteiger partial charge in [0.05, 0.1) is 18.5 Å². The topological polar surface area (TPSA) is 55.1 Å². The van der Waals surface area contributed by atoms with Gasteiger partial charge in [-0.05, 0) is 42.2 Å². The first-order valence-corrected chi connectivity index (χ1v) is 9.05. The number of hydrogen-bond donors (Lipinski definition) is 1. The van der Waals surface area contributed by atoms with E-state index in [2.05, 4.69) is 31.1 Å². The van der Waals surface area contributed by atoms with Gasteiger partial charge in [0.2, 0.25) is 0 Å². The Kier molecular flexibility index (Phi) is 4.77. The van der Waals surface area contributed by atoms with Crippen LogP contribution in [0.2, 0.25) is 0 Å². The van der Waals surface area contributed by atoms with Gasteiger partial charge in [0.15, 0.2) is 10.8 Å². The number of nitrogens with one attached hydrogen (secondary N) is 1. The quantitative estimate of drug-likeness (QED) is 0.722. The summed E-state index contributed by atoms with van der Waals surface area (Å²) < 4.78 is 5.38. The summed E-state index contributed by atoms with van der Waals surface area (Å²) in [5.41, 5.74) is 2.88. The molecular formula is C20H22N2O2S. The third kappa shape index (κ3) is 3.99. The Bertz CT molecular complexity index is 856. The van der Waals surface area contributed by atoms with Gasteiger partial charge in [-0.1, -0.05) is 32.9 Å². The van der Waals surface area contributed by atoms with Crippen molar-refractivity contribution in [3.05, 3.63) is 64.4 Å². The van der Waals surface area contributed by atoms with Crippen molar-refractivity contribution in [3.63, 3.8) is 0 Å². The predicted molar refractivity (Wildman–Crippen MR) is 101 cm³/mol. The van der Waals surface area contributed by atoms with E-state index in [1.165, 1.54) is 5.56 Å². The lowest BCUT2D eigenvalue weighted by molar-refractivity contribution is 0.0951. The minimum atomic E-state index is -0.0761. The van der Waals surface area contributed by atoms with E-state index in [1.807, 2.05) is 43.3 Å². The number of carbonyl (C=O) groups excluding carboxylic acids is 1. The highest BCUT2D eigenvalue weighted by atomic mass is 32.1. The SMILES string of the molecule is Cc1nc(-c2ccco2)sc1CNC(=O)c1ccc(C(C)(C)C)cc1. The molecule has 0 aliphatic heterocycles. The van der Waals surface area contributed by atoms with Crippen LogP contribution in [0.3, 0.4) is 0 Å². The van der Waals surface area contributed by atoms with Crippen LogP contribution in [-0.2, 0) is 12.0 Å². The lowest BCUT2D eigenvalue weighted by Gasteiger charge is -2.19. The van der Waals surface area contributed by atoms with Gasteiger partial charge >= 0.3 is 0 Å². The summed E-state index contributed by atoms with van der Waals surface area (Å²) in [6, 6.07) is 11.5. The standard InChI is InChI=1S/C20H22N2O2S/c1-13-17(25-19(22-13)16-6-5-11-24-16)12-21-18(23)14-7-9-15(10-8-14)20(2,3)4/h5-11H,12H2,1-4H3,(H,21,23). The minimum absolute atomic E-state index is 0.0761. The summed E-state index contributed by atoms with van der Waals surface area (Å²) in [7, 11) is 0. The summed E-state index contributed by atoms with van der Waals surface area (Å²) in [6.45, 7) is 8.88. The molecule has 1 amide bonds. The number of hydrogen-bond acceptors (Lipinski definition) is 4. The third-order valence-electron chi connectivity index (χ3n) is 4.05. The molecule has 1 aromatic carbocycles. The Labute approximate surface area is 151 Å². The largest absolute Gasteiger partial charge is 0.462 e. The number of rotatable bonds is 4. The molecule has 0 radical (unpaired) electrons. The number of benzene rings is 1. The van der Waals surface area contributed by atoms with Crippen molar-refractivity contribution in [1.29, 1.82) is 0 Å². The first kappa shape index (κ1) is 17.4. The van der Waals surface area contributed by atoms with E-state index in [9.17, 15) is 4.79 Å². The molecule has 4 nitrogen and oxygen atoms in total. The van der Waals surface area contributed by atoms with Crippen molar-refractivity contribution >= 4 is 17.2 Å². The first-order valence-electron chi connectivity index (χ1n) is 8.23. The van der Waals surface area contributed by atoms with Crippen molar-refractivity contribution in [2.45, 2.75) is 39.7 Å². The molecular weight excluding hydrogens is 332 g/mol. The van der Waals surface area contributed by atoms with Gasteiger partial charge in [-0.15, -0.1) is 11.3 Å². The fourth-order valence-electron chi connectivity index (χ4n) is 2.48. The molecule has 0 aliphatic rings. The van der Waals surface area contributed by atoms with Crippen molar-refractivity contribution < 1.29 is 9.21 Å². The van der Waals surface area contributed by atoms with Gasteiger partial charge in [-0.25, -0.2) is 4.98 Å². The van der Waals surface area contributed by atoms with Crippen molar-refractivity contribution in [3.8, 4) is 10.8 Å². The maximum absolute atomic E-state index is 12.4. The lowest BCUT2D eigenvalue weighted by atomic mass is 9.87. The molecule has 3 rings (SSSR count). The Morgan fingerprint density at radius 1 is 1.20 bits per heavy atom. The number of amides is 1. The van der Waals surface area contributed by atoms with Crippen molar-refractivity contribution in [1.82, 2.24) is 10.3 Å². The molecule has 5 heteroatoms. The maximum atomic E-state index is 12.4. The molecule has 0 aliphatic carbocycles. The second-order valence-electron chi connectivity index (χ2n) is 7.01. The number of furan rings is 1. The highest BCUT2D eigenvalue weighted by molar-refractivity contribution is 7.15. The first-order chi connectivity index (χ1) is 11.8. The number of carbonyl (C=O) groups is 1. The van der Waals surface area contributed by atoms with Crippen molar-refractivity contribution in [2.24, 2.45) is 0 Å². The average molecular weight is 354 g/mol. The van der Waals surface area contributed by atoms with Crippen LogP contribution < -0.4 is 5.32 Å². The van der Waals surface area contributed by atoms with Gasteiger partial charge < -0.3 is 9.73 Å². The monoisotopic (exact) mass is 354 g/mol. The summed E-state index contributed by atoms with van der Waals surface area (Å²) in [6.07, 6.45) is 1.63. The highest BCUT2D eigenvalue weighted by Gasteiger charge is 2.15. The molecule has 0 fully saturated rings. The second-order valence-corrected chi connectivity index (χ2v) is 8.10. The predicted octanol–water partition coefficient (Wildman–Crippen LogP) is 4.94. The van der Waals surface area contributed by atoms with E-state index >= 15 is 0 Å². The van der Waals surface area contributed by atoms with Gasteiger partial charge in [0.1, 0.15) is 0 Å². The molecule has 25 heavy (non-hydrogen) atoms. The summed E-state index contributed by atoms with van der Waals surface area (Å²) in [5.74, 6) is 0.677. The number of nitrogens with zero attached hydrogens (tertiary/aromatic N) is 1. The molecule has 3 aromatic rings. The van der Waals surface area contributed by atoms with Crippen LogP contribution >= 0.6 is 11.3 Å². The summed E-state index contributed by atoms with van der Waals surface area (Å²) in [5, 5.41) is 3.81. The lowest BCUT2D eigenvalue weighted by Crippen LogP contribution is -2.23. The van der Waals surface area contributed by atoms with Gasteiger partial charge in [-0.2, -0.15) is 0 Å². The molecule has 0 saturated carbocycles. The van der Waals surface area contributed by atoms with Crippen LogP contribution in [0.5, 0.6) is 0 Å². The van der Waals surface area contributed by atoms with E-state index in [4.69, 9.17) is 4.42 Å². The molecule has 1 N–H and O–H groups in total. The van der Waals surface area contributed by atoms with Crippen LogP contribution in [0.25, 0.3) is 10.8 Å². The Morgan fingerprint density at radius 3 is 2.52 bits per heavy atom. The molecule has 130 valence electrons. The summed E-state index contributed by atoms with van der Waals surface area (Å²) in [4.78, 5) is 17.9. The van der Waals surface area contributed by atoms with Gasteiger partial charge in [-0.3, -0.25) is 4.79 Å². The minimum Gasteiger partial charge on any atom is -0.462 e. The third-order valence-corrected chi connectivity index (χ3v) is 5.22. The van der Waals surface area contributed by atoms with E-state index < -0.39 is 0 Å². The Morgan fingerprint density at radius 2 is 1.92 bits per heavy atom. The Hall–Kier alpha value is -2.40. The molecule has 0 saturated heterocycles. The Balaban J connectivity index is 1.66. The van der Waals surface area contributed by atoms with Gasteiger partial charge in [0, 0.05) is 10.4 Å². The van der Waals surface area contributed by atoms with E-state index in [0.29, 0.717) is 12.1 Å². The average Bonchev–Trinajstić information content (AvgIpc) is 3.21. The number of thiazole rings is 1. The van der Waals surface area contributed by atoms with E-state index in [1.54, 1.807) is 17.6 Å². The zero-order valence-electron chi connectivity index (χ0n) is 14.9. The molecule has 2 heterocycles. The molecule has 2 aromatic heterocycles. The second kappa shape index (κ2) is 6.84. The molecule has 0 bridgehead atoms. The normalized spacial score (nSPS) is 11.5. The number of aryl methyl sites for hydroxylation is 1. The highest BCUT2D eigenvalue weighted by Crippen LogP contribution is 2.28. The van der Waals surface area contributed by atoms with Crippen LogP contribution in [-0.4, -0.2) is 10.9 Å². The van der Waals surface area contributed by atoms with E-state index in [-0.39, 0.29) is 11.3 Å². The number of aromatic nitrogens is 1. The van der Waals surface area contributed by atoms with E-state index in [0.717, 1.165) is 21.3 Å². The van der Waals surface area contributed by atoms with Crippen LogP contribution in [0.4, 0.5) is 0 Å². The molecule has 0 spiro atoms. The fraction of sp³-hybridized carbons (Fsp3) is 0.300. The van der Waals surface area contributed by atoms with Crippen LogP contribution in [0, 0.1) is 6.92 Å². The molecule has 0 unspecified atom stereocenters.